The van der Waals surface area contributed by atoms with E-state index in [0.29, 0.717) is 26.2 Å². The van der Waals surface area contributed by atoms with E-state index >= 15 is 0 Å². The predicted octanol–water partition coefficient (Wildman–Crippen LogP) is -5.74. The number of aromatic nitrogens is 2. The second-order valence-electron chi connectivity index (χ2n) is 15.4. The zero-order valence-corrected chi connectivity index (χ0v) is 39.2. The lowest BCUT2D eigenvalue weighted by atomic mass is 9.89. The molecule has 2 fully saturated rings. The van der Waals surface area contributed by atoms with Crippen LogP contribution >= 0.6 is 7.82 Å². The summed E-state index contributed by atoms with van der Waals surface area (Å²) < 4.78 is 65.1. The average molecular weight is 1030 g/mol. The summed E-state index contributed by atoms with van der Waals surface area (Å²) in [5.41, 5.74) is 4.51. The molecule has 0 aromatic carbocycles. The SMILES string of the molecule is COCCOCCOC(=O)NCCCCC(NC(=O)OCCOCCOC)C(=O)NCC(=O)N[C@H]1C([C@H](O)[C@H](O)CO)O[C@@](C=O)(OP(=O)(O)OCC2OC(n3ccc(N)nc3=O)[C@H](O)[C@@H]2O)C[C@H]1O. The number of hydrogen-bond acceptors (Lipinski definition) is 25. The first-order chi connectivity index (χ1) is 33.3. The van der Waals surface area contributed by atoms with E-state index in [2.05, 4.69) is 26.3 Å². The van der Waals surface area contributed by atoms with Crippen LogP contribution in [0.25, 0.3) is 0 Å². The van der Waals surface area contributed by atoms with Gasteiger partial charge in [-0.15, -0.1) is 0 Å². The molecule has 5 unspecified atom stereocenters. The maximum absolute atomic E-state index is 13.4. The topological polar surface area (TPSA) is 445 Å². The standard InChI is InChI=1S/C38H64N7O24P/c1-60-9-11-62-13-15-64-36(56)40-7-4-3-5-22(42-37(57)65-16-14-63-12-10-61-2)33(54)41-18-27(50)44-28-23(48)17-38(21-47,68-32(28)29(51)24(49)19-46)69-70(58,59)66-20-25-30(52)31(53)34(67-25)45-8-6-26(39)43-35(45)55/h6,8,21-25,28-32,34,46,48-49,51-53H,3-5,7,9-20H2,1-2H3,(H,40,56)(H,41,54)(H,42,57)(H,44,50)(H,58,59)(H2,39,43,55)/t22?,23-,24-,25?,28-,29-,30-,31-,32?,34?,38-/m1/s1. The predicted molar refractivity (Wildman–Crippen MR) is 231 cm³/mol. The Hall–Kier alpha value is -4.54. The normalized spacial score (nSPS) is 25.4. The Bertz CT molecular complexity index is 1910. The summed E-state index contributed by atoms with van der Waals surface area (Å²) in [6.07, 6.45) is -16.6. The lowest BCUT2D eigenvalue weighted by Gasteiger charge is -2.46. The maximum atomic E-state index is 13.4. The van der Waals surface area contributed by atoms with Crippen LogP contribution in [-0.2, 0) is 65.9 Å². The van der Waals surface area contributed by atoms with Gasteiger partial charge in [0.2, 0.25) is 17.6 Å². The third kappa shape index (κ3) is 19.6. The number of alkyl carbamates (subject to hydrolysis) is 2. The van der Waals surface area contributed by atoms with Crippen molar-refractivity contribution >= 4 is 43.9 Å². The first-order valence-corrected chi connectivity index (χ1v) is 23.2. The Morgan fingerprint density at radius 2 is 1.61 bits per heavy atom. The number of nitrogen functional groups attached to an aromatic ring is 1. The van der Waals surface area contributed by atoms with Crippen molar-refractivity contribution in [1.29, 1.82) is 0 Å². The number of nitrogens with two attached hydrogens (primary N) is 1. The smallest absolute Gasteiger partial charge is 0.447 e. The molecular formula is C38H64N7O24P. The van der Waals surface area contributed by atoms with Gasteiger partial charge in [0, 0.05) is 33.4 Å². The first-order valence-electron chi connectivity index (χ1n) is 21.7. The van der Waals surface area contributed by atoms with E-state index in [1.165, 1.54) is 20.3 Å². The van der Waals surface area contributed by atoms with E-state index in [-0.39, 0.29) is 64.5 Å². The van der Waals surface area contributed by atoms with Crippen molar-refractivity contribution in [2.75, 3.05) is 99.1 Å². The first kappa shape index (κ1) is 59.8. The molecular weight excluding hydrogens is 969 g/mol. The van der Waals surface area contributed by atoms with Crippen molar-refractivity contribution in [2.45, 2.75) is 92.5 Å². The number of nitrogens with one attached hydrogen (secondary N) is 4. The molecule has 0 aliphatic carbocycles. The number of aliphatic hydroxyl groups excluding tert-OH is 6. The number of anilines is 1. The Balaban J connectivity index is 1.64. The van der Waals surface area contributed by atoms with Crippen LogP contribution in [-0.4, -0.2) is 229 Å². The zero-order chi connectivity index (χ0) is 51.9. The molecule has 32 heteroatoms. The number of aliphatic hydroxyl groups is 6. The number of phosphoric ester groups is 1. The van der Waals surface area contributed by atoms with Crippen LogP contribution in [0, 0.1) is 0 Å². The minimum absolute atomic E-state index is 0.00680. The number of rotatable bonds is 32. The lowest BCUT2D eigenvalue weighted by molar-refractivity contribution is -0.274. The molecule has 2 aliphatic heterocycles. The van der Waals surface area contributed by atoms with E-state index < -0.39 is 131 Å². The molecule has 70 heavy (non-hydrogen) atoms. The number of ether oxygens (including phenoxy) is 8. The number of unbranched alkanes of at least 4 members (excludes halogenated alkanes) is 1. The van der Waals surface area contributed by atoms with Crippen molar-refractivity contribution in [3.63, 3.8) is 0 Å². The second-order valence-corrected chi connectivity index (χ2v) is 16.8. The van der Waals surface area contributed by atoms with E-state index in [1.54, 1.807) is 0 Å². The number of hydrogen-bond donors (Lipinski definition) is 12. The Morgan fingerprint density at radius 1 is 0.971 bits per heavy atom. The fourth-order valence-electron chi connectivity index (χ4n) is 6.61. The number of carbonyl (C=O) groups is 5. The van der Waals surface area contributed by atoms with Crippen molar-refractivity contribution in [3.05, 3.63) is 22.7 Å². The monoisotopic (exact) mass is 1030 g/mol. The molecule has 1 aromatic heterocycles. The maximum Gasteiger partial charge on any atom is 0.475 e. The molecule has 4 amide bonds. The Morgan fingerprint density at radius 3 is 2.23 bits per heavy atom. The Kier molecular flexibility index (Phi) is 25.9. The van der Waals surface area contributed by atoms with E-state index in [0.717, 1.165) is 10.8 Å². The second kappa shape index (κ2) is 30.4. The van der Waals surface area contributed by atoms with Crippen molar-refractivity contribution in [2.24, 2.45) is 0 Å². The number of phosphoric acid groups is 1. The fraction of sp³-hybridized carbons (Fsp3) is 0.763. The summed E-state index contributed by atoms with van der Waals surface area (Å²) in [6.45, 7) is -1.75. The third-order valence-corrected chi connectivity index (χ3v) is 11.2. The third-order valence-electron chi connectivity index (χ3n) is 10.2. The summed E-state index contributed by atoms with van der Waals surface area (Å²) in [4.78, 5) is 90.1. The molecule has 3 heterocycles. The van der Waals surface area contributed by atoms with Crippen LogP contribution in [0.2, 0.25) is 0 Å². The number of methoxy groups -OCH3 is 2. The van der Waals surface area contributed by atoms with Gasteiger partial charge in [0.15, 0.2) is 12.5 Å². The fourth-order valence-corrected chi connectivity index (χ4v) is 7.55. The summed E-state index contributed by atoms with van der Waals surface area (Å²) >= 11 is 0. The number of carbonyl (C=O) groups excluding carboxylic acids is 5. The molecule has 2 saturated heterocycles. The van der Waals surface area contributed by atoms with Gasteiger partial charge in [0.05, 0.1) is 71.5 Å². The van der Waals surface area contributed by atoms with Gasteiger partial charge < -0.3 is 100 Å². The van der Waals surface area contributed by atoms with E-state index in [4.69, 9.17) is 52.7 Å². The highest BCUT2D eigenvalue weighted by Gasteiger charge is 2.55. The van der Waals surface area contributed by atoms with E-state index in [1.807, 2.05) is 0 Å². The molecule has 0 saturated carbocycles. The van der Waals surface area contributed by atoms with Crippen LogP contribution in [0.1, 0.15) is 31.9 Å². The molecule has 12 atom stereocenters. The Labute approximate surface area is 399 Å². The number of aldehydes is 1. The highest BCUT2D eigenvalue weighted by atomic mass is 31.2. The van der Waals surface area contributed by atoms with Gasteiger partial charge in [-0.3, -0.25) is 23.5 Å². The van der Waals surface area contributed by atoms with Crippen LogP contribution < -0.4 is 32.7 Å². The van der Waals surface area contributed by atoms with Crippen LogP contribution in [0.4, 0.5) is 15.4 Å². The van der Waals surface area contributed by atoms with Gasteiger partial charge >= 0.3 is 25.7 Å². The van der Waals surface area contributed by atoms with Crippen LogP contribution in [0.5, 0.6) is 0 Å². The van der Waals surface area contributed by atoms with Gasteiger partial charge in [0.25, 0.3) is 0 Å². The van der Waals surface area contributed by atoms with Crippen molar-refractivity contribution in [1.82, 2.24) is 30.8 Å². The molecule has 0 radical (unpaired) electrons. The average Bonchev–Trinajstić information content (AvgIpc) is 3.60. The molecule has 1 aromatic rings. The van der Waals surface area contributed by atoms with Crippen LogP contribution in [0.3, 0.4) is 0 Å². The van der Waals surface area contributed by atoms with Gasteiger partial charge in [-0.1, -0.05) is 0 Å². The molecule has 3 rings (SSSR count). The van der Waals surface area contributed by atoms with Gasteiger partial charge in [0.1, 0.15) is 61.7 Å². The van der Waals surface area contributed by atoms with E-state index in [9.17, 15) is 68.9 Å². The number of nitrogens with zero attached hydrogens (tertiary/aromatic N) is 2. The van der Waals surface area contributed by atoms with Crippen molar-refractivity contribution in [3.8, 4) is 0 Å². The minimum Gasteiger partial charge on any atom is -0.447 e. The quantitative estimate of drug-likeness (QED) is 0.0182. The number of amides is 4. The summed E-state index contributed by atoms with van der Waals surface area (Å²) in [5.74, 6) is -5.12. The molecule has 2 aliphatic rings. The van der Waals surface area contributed by atoms with Gasteiger partial charge in [-0.05, 0) is 25.3 Å². The van der Waals surface area contributed by atoms with Gasteiger partial charge in [-0.2, -0.15) is 4.98 Å². The zero-order valence-electron chi connectivity index (χ0n) is 38.3. The molecule has 13 N–H and O–H groups in total. The summed E-state index contributed by atoms with van der Waals surface area (Å²) in [6, 6.07) is -1.91. The lowest BCUT2D eigenvalue weighted by Crippen LogP contribution is -2.67. The van der Waals surface area contributed by atoms with Gasteiger partial charge in [-0.25, -0.2) is 23.5 Å². The largest absolute Gasteiger partial charge is 0.475 e. The highest BCUT2D eigenvalue weighted by molar-refractivity contribution is 7.47. The summed E-state index contributed by atoms with van der Waals surface area (Å²) in [5, 5.41) is 72.6. The van der Waals surface area contributed by atoms with Crippen molar-refractivity contribution < 1.29 is 111 Å². The minimum atomic E-state index is -5.54. The molecule has 0 spiro atoms. The molecule has 31 nitrogen and oxygen atoms in total. The summed E-state index contributed by atoms with van der Waals surface area (Å²) in [7, 11) is -2.55. The van der Waals surface area contributed by atoms with Crippen LogP contribution in [0.15, 0.2) is 17.1 Å². The molecule has 400 valence electrons. The highest BCUT2D eigenvalue weighted by Crippen LogP contribution is 2.50. The molecule has 0 bridgehead atoms.